The quantitative estimate of drug-likeness (QED) is 0.435. The van der Waals surface area contributed by atoms with Crippen LogP contribution in [0.2, 0.25) is 0 Å². The Kier molecular flexibility index (Phi) is 6.77. The maximum atomic E-state index is 10.5. The van der Waals surface area contributed by atoms with Gasteiger partial charge in [-0.05, 0) is 18.2 Å². The van der Waals surface area contributed by atoms with E-state index in [4.69, 9.17) is 14.2 Å². The lowest BCUT2D eigenvalue weighted by molar-refractivity contribution is 0.247. The highest BCUT2D eigenvalue weighted by Gasteiger charge is 2.34. The van der Waals surface area contributed by atoms with E-state index in [1.807, 2.05) is 0 Å². The summed E-state index contributed by atoms with van der Waals surface area (Å²) < 4.78 is 16.4. The summed E-state index contributed by atoms with van der Waals surface area (Å²) in [5.74, 6) is -0.788. The number of aliphatic hydroxyl groups is 1. The molecule has 1 unspecified atom stereocenters. The minimum atomic E-state index is -0.645. The predicted molar refractivity (Wildman–Crippen MR) is 116 cm³/mol. The molecule has 0 amide bonds. The highest BCUT2D eigenvalue weighted by Crippen LogP contribution is 2.51. The van der Waals surface area contributed by atoms with Gasteiger partial charge in [0.25, 0.3) is 0 Å². The standard InChI is InChI=1S/C24H26O7/c1-29-22-14(7-4-10-18(22)26)17(13-25)21(15-8-5-11-19(27)23(15)30-2)16-9-6-12-20(28)24(16)31-3/h4-12,17,21,25-28H,13H2,1-3H3. The molecule has 7 nitrogen and oxygen atoms in total. The van der Waals surface area contributed by atoms with Crippen molar-refractivity contribution in [2.45, 2.75) is 11.8 Å². The molecule has 0 fully saturated rings. The Morgan fingerprint density at radius 1 is 0.613 bits per heavy atom. The fourth-order valence-electron chi connectivity index (χ4n) is 4.06. The lowest BCUT2D eigenvalue weighted by Gasteiger charge is -2.30. The van der Waals surface area contributed by atoms with E-state index in [0.717, 1.165) is 0 Å². The number of methoxy groups -OCH3 is 3. The molecule has 0 aromatic heterocycles. The number of aromatic hydroxyl groups is 3. The zero-order valence-electron chi connectivity index (χ0n) is 17.6. The van der Waals surface area contributed by atoms with Gasteiger partial charge in [-0.25, -0.2) is 0 Å². The Labute approximate surface area is 180 Å². The molecule has 0 aliphatic rings. The molecule has 7 heteroatoms. The monoisotopic (exact) mass is 426 g/mol. The van der Waals surface area contributed by atoms with Crippen molar-refractivity contribution in [2.75, 3.05) is 27.9 Å². The molecule has 0 aliphatic carbocycles. The van der Waals surface area contributed by atoms with Crippen LogP contribution in [0.25, 0.3) is 0 Å². The first kappa shape index (κ1) is 22.1. The summed E-state index contributed by atoms with van der Waals surface area (Å²) in [5, 5.41) is 41.6. The van der Waals surface area contributed by atoms with Crippen molar-refractivity contribution in [3.63, 3.8) is 0 Å². The van der Waals surface area contributed by atoms with Crippen molar-refractivity contribution in [1.82, 2.24) is 0 Å². The van der Waals surface area contributed by atoms with Gasteiger partial charge in [0, 0.05) is 28.5 Å². The highest BCUT2D eigenvalue weighted by atomic mass is 16.5. The number of rotatable bonds is 8. The highest BCUT2D eigenvalue weighted by molar-refractivity contribution is 5.59. The van der Waals surface area contributed by atoms with Gasteiger partial charge in [0.15, 0.2) is 34.5 Å². The molecule has 0 bridgehead atoms. The molecule has 164 valence electrons. The molecule has 3 aromatic rings. The minimum Gasteiger partial charge on any atom is -0.504 e. The van der Waals surface area contributed by atoms with Gasteiger partial charge in [-0.15, -0.1) is 0 Å². The van der Waals surface area contributed by atoms with Gasteiger partial charge in [-0.2, -0.15) is 0 Å². The van der Waals surface area contributed by atoms with Crippen LogP contribution in [0.5, 0.6) is 34.5 Å². The molecule has 3 rings (SSSR count). The van der Waals surface area contributed by atoms with Crippen LogP contribution >= 0.6 is 0 Å². The van der Waals surface area contributed by atoms with Crippen LogP contribution in [-0.4, -0.2) is 48.4 Å². The Morgan fingerprint density at radius 2 is 0.968 bits per heavy atom. The van der Waals surface area contributed by atoms with Crippen LogP contribution in [0.15, 0.2) is 54.6 Å². The van der Waals surface area contributed by atoms with E-state index in [0.29, 0.717) is 16.7 Å². The SMILES string of the molecule is COc1c(O)cccc1C(CO)C(c1cccc(O)c1OC)c1cccc(O)c1OC. The largest absolute Gasteiger partial charge is 0.504 e. The maximum Gasteiger partial charge on any atom is 0.164 e. The summed E-state index contributed by atoms with van der Waals surface area (Å²) >= 11 is 0. The van der Waals surface area contributed by atoms with Crippen molar-refractivity contribution >= 4 is 0 Å². The number of phenolic OH excluding ortho intramolecular Hbond substituents is 3. The van der Waals surface area contributed by atoms with Crippen molar-refractivity contribution in [3.8, 4) is 34.5 Å². The molecular formula is C24H26O7. The Bertz CT molecular complexity index is 995. The van der Waals surface area contributed by atoms with Gasteiger partial charge < -0.3 is 34.6 Å². The molecule has 0 spiro atoms. The van der Waals surface area contributed by atoms with E-state index in [2.05, 4.69) is 0 Å². The van der Waals surface area contributed by atoms with Gasteiger partial charge in [0.1, 0.15) is 0 Å². The normalized spacial score (nSPS) is 11.9. The van der Waals surface area contributed by atoms with E-state index in [-0.39, 0.29) is 41.1 Å². The Balaban J connectivity index is 2.36. The second kappa shape index (κ2) is 9.49. The molecule has 31 heavy (non-hydrogen) atoms. The molecule has 4 N–H and O–H groups in total. The Morgan fingerprint density at radius 3 is 1.32 bits per heavy atom. The van der Waals surface area contributed by atoms with Gasteiger partial charge in [0.2, 0.25) is 0 Å². The smallest absolute Gasteiger partial charge is 0.164 e. The fourth-order valence-corrected chi connectivity index (χ4v) is 4.06. The van der Waals surface area contributed by atoms with Crippen LogP contribution in [0.1, 0.15) is 28.5 Å². The average Bonchev–Trinajstić information content (AvgIpc) is 2.77. The third-order valence-corrected chi connectivity index (χ3v) is 5.36. The maximum absolute atomic E-state index is 10.5. The Hall–Kier alpha value is -3.58. The van der Waals surface area contributed by atoms with E-state index in [9.17, 15) is 20.4 Å². The molecule has 0 radical (unpaired) electrons. The minimum absolute atomic E-state index is 0.0660. The number of hydrogen-bond acceptors (Lipinski definition) is 7. The summed E-state index contributed by atoms with van der Waals surface area (Å²) in [4.78, 5) is 0. The molecule has 0 aliphatic heterocycles. The average molecular weight is 426 g/mol. The number of aliphatic hydroxyl groups excluding tert-OH is 1. The summed E-state index contributed by atoms with van der Waals surface area (Å²) in [6.45, 7) is -0.331. The third kappa shape index (κ3) is 4.04. The number of phenols is 3. The van der Waals surface area contributed by atoms with Crippen molar-refractivity contribution in [2.24, 2.45) is 0 Å². The molecule has 0 saturated carbocycles. The van der Waals surface area contributed by atoms with Crippen molar-refractivity contribution in [3.05, 3.63) is 71.3 Å². The van der Waals surface area contributed by atoms with Crippen molar-refractivity contribution < 1.29 is 34.6 Å². The van der Waals surface area contributed by atoms with Crippen molar-refractivity contribution in [1.29, 1.82) is 0 Å². The van der Waals surface area contributed by atoms with E-state index >= 15 is 0 Å². The number of ether oxygens (including phenoxy) is 3. The first-order chi connectivity index (χ1) is 15.0. The van der Waals surface area contributed by atoms with Gasteiger partial charge in [-0.3, -0.25) is 0 Å². The van der Waals surface area contributed by atoms with Crippen LogP contribution in [0.4, 0.5) is 0 Å². The fraction of sp³-hybridized carbons (Fsp3) is 0.250. The van der Waals surface area contributed by atoms with Crippen LogP contribution in [0, 0.1) is 0 Å². The van der Waals surface area contributed by atoms with Crippen LogP contribution < -0.4 is 14.2 Å². The molecule has 1 atom stereocenters. The topological polar surface area (TPSA) is 109 Å². The zero-order valence-corrected chi connectivity index (χ0v) is 17.6. The second-order valence-electron chi connectivity index (χ2n) is 6.97. The number of para-hydroxylation sites is 3. The lowest BCUT2D eigenvalue weighted by Crippen LogP contribution is -2.19. The second-order valence-corrected chi connectivity index (χ2v) is 6.97. The molecule has 3 aromatic carbocycles. The molecular weight excluding hydrogens is 400 g/mol. The van der Waals surface area contributed by atoms with Crippen LogP contribution in [-0.2, 0) is 0 Å². The molecule has 0 saturated heterocycles. The van der Waals surface area contributed by atoms with Gasteiger partial charge in [0.05, 0.1) is 27.9 Å². The van der Waals surface area contributed by atoms with Gasteiger partial charge >= 0.3 is 0 Å². The lowest BCUT2D eigenvalue weighted by atomic mass is 9.76. The predicted octanol–water partition coefficient (Wildman–Crippen LogP) is 3.74. The number of hydrogen-bond donors (Lipinski definition) is 4. The van der Waals surface area contributed by atoms with E-state index < -0.39 is 11.8 Å². The summed E-state index contributed by atoms with van der Waals surface area (Å²) in [6, 6.07) is 14.8. The van der Waals surface area contributed by atoms with Gasteiger partial charge in [-0.1, -0.05) is 36.4 Å². The first-order valence-electron chi connectivity index (χ1n) is 9.66. The zero-order chi connectivity index (χ0) is 22.5. The summed E-state index contributed by atoms with van der Waals surface area (Å²) in [6.07, 6.45) is 0. The first-order valence-corrected chi connectivity index (χ1v) is 9.66. The molecule has 0 heterocycles. The number of benzene rings is 3. The summed E-state index contributed by atoms with van der Waals surface area (Å²) in [5.41, 5.74) is 1.68. The third-order valence-electron chi connectivity index (χ3n) is 5.36. The van der Waals surface area contributed by atoms with Crippen LogP contribution in [0.3, 0.4) is 0 Å². The summed E-state index contributed by atoms with van der Waals surface area (Å²) in [7, 11) is 4.32. The van der Waals surface area contributed by atoms with E-state index in [1.54, 1.807) is 36.4 Å². The van der Waals surface area contributed by atoms with E-state index in [1.165, 1.54) is 39.5 Å².